The molecule has 0 aromatic heterocycles. The van der Waals surface area contributed by atoms with Crippen molar-refractivity contribution in [2.75, 3.05) is 11.9 Å². The molecule has 150 valence electrons. The van der Waals surface area contributed by atoms with Gasteiger partial charge in [0, 0.05) is 18.8 Å². The molecule has 3 amide bonds. The Balaban J connectivity index is 1.95. The van der Waals surface area contributed by atoms with Gasteiger partial charge < -0.3 is 20.7 Å². The first-order chi connectivity index (χ1) is 13.5. The maximum absolute atomic E-state index is 12.7. The highest BCUT2D eigenvalue weighted by molar-refractivity contribution is 5.93. The van der Waals surface area contributed by atoms with Gasteiger partial charge in [-0.1, -0.05) is 56.3 Å². The Bertz CT molecular complexity index is 763. The van der Waals surface area contributed by atoms with Crippen LogP contribution >= 0.6 is 0 Å². The standard InChI is InChI=1S/C22H29N3O3/c1-4-28-15-18-11-9-8-10-17(18)14-23-21(26)20(16(2)3)25-22(27)24-19-12-6-5-7-13-19/h5-13,16,20H,4,14-15H2,1-3H3,(H,23,26)(H2,24,25,27). The predicted octanol–water partition coefficient (Wildman–Crippen LogP) is 3.69. The average Bonchev–Trinajstić information content (AvgIpc) is 2.69. The third-order valence-corrected chi connectivity index (χ3v) is 4.30. The first-order valence-corrected chi connectivity index (χ1v) is 9.56. The zero-order valence-corrected chi connectivity index (χ0v) is 16.7. The number of hydrogen-bond acceptors (Lipinski definition) is 3. The molecule has 0 saturated heterocycles. The van der Waals surface area contributed by atoms with Crippen LogP contribution < -0.4 is 16.0 Å². The van der Waals surface area contributed by atoms with Crippen LogP contribution in [0.1, 0.15) is 31.9 Å². The average molecular weight is 383 g/mol. The molecule has 0 aliphatic heterocycles. The quantitative estimate of drug-likeness (QED) is 0.618. The second-order valence-corrected chi connectivity index (χ2v) is 6.81. The van der Waals surface area contributed by atoms with Crippen LogP contribution in [0.3, 0.4) is 0 Å². The summed E-state index contributed by atoms with van der Waals surface area (Å²) in [4.78, 5) is 24.9. The van der Waals surface area contributed by atoms with Gasteiger partial charge in [-0.3, -0.25) is 4.79 Å². The van der Waals surface area contributed by atoms with E-state index in [2.05, 4.69) is 16.0 Å². The molecule has 6 nitrogen and oxygen atoms in total. The smallest absolute Gasteiger partial charge is 0.319 e. The number of hydrogen-bond donors (Lipinski definition) is 3. The van der Waals surface area contributed by atoms with Gasteiger partial charge in [0.25, 0.3) is 0 Å². The van der Waals surface area contributed by atoms with Crippen LogP contribution in [0.15, 0.2) is 54.6 Å². The highest BCUT2D eigenvalue weighted by Crippen LogP contribution is 2.11. The van der Waals surface area contributed by atoms with Gasteiger partial charge in [0.05, 0.1) is 6.61 Å². The maximum Gasteiger partial charge on any atom is 0.319 e. The number of carbonyl (C=O) groups is 2. The van der Waals surface area contributed by atoms with Crippen molar-refractivity contribution in [2.24, 2.45) is 5.92 Å². The molecule has 0 saturated carbocycles. The third-order valence-electron chi connectivity index (χ3n) is 4.30. The summed E-state index contributed by atoms with van der Waals surface area (Å²) in [6.07, 6.45) is 0. The summed E-state index contributed by atoms with van der Waals surface area (Å²) in [5.74, 6) is -0.274. The van der Waals surface area contributed by atoms with Crippen molar-refractivity contribution in [3.8, 4) is 0 Å². The second-order valence-electron chi connectivity index (χ2n) is 6.81. The number of nitrogens with one attached hydrogen (secondary N) is 3. The van der Waals surface area contributed by atoms with Gasteiger partial charge in [0.15, 0.2) is 0 Å². The molecular weight excluding hydrogens is 354 g/mol. The summed E-state index contributed by atoms with van der Waals surface area (Å²) < 4.78 is 5.48. The fourth-order valence-corrected chi connectivity index (χ4v) is 2.74. The molecule has 0 fully saturated rings. The van der Waals surface area contributed by atoms with Crippen molar-refractivity contribution in [1.29, 1.82) is 0 Å². The highest BCUT2D eigenvalue weighted by Gasteiger charge is 2.24. The molecule has 1 unspecified atom stereocenters. The molecule has 2 rings (SSSR count). The van der Waals surface area contributed by atoms with Gasteiger partial charge in [0.2, 0.25) is 5.91 Å². The molecule has 2 aromatic carbocycles. The monoisotopic (exact) mass is 383 g/mol. The summed E-state index contributed by atoms with van der Waals surface area (Å²) in [6, 6.07) is 15.9. The Morgan fingerprint density at radius 1 is 0.964 bits per heavy atom. The molecule has 1 atom stereocenters. The highest BCUT2D eigenvalue weighted by atomic mass is 16.5. The summed E-state index contributed by atoms with van der Waals surface area (Å²) in [6.45, 7) is 7.27. The van der Waals surface area contributed by atoms with Crippen LogP contribution in [-0.4, -0.2) is 24.6 Å². The number of benzene rings is 2. The molecule has 0 aliphatic rings. The van der Waals surface area contributed by atoms with E-state index in [1.54, 1.807) is 12.1 Å². The number of amides is 3. The first kappa shape index (κ1) is 21.4. The van der Waals surface area contributed by atoms with Gasteiger partial charge in [0.1, 0.15) is 6.04 Å². The van der Waals surface area contributed by atoms with E-state index >= 15 is 0 Å². The number of carbonyl (C=O) groups excluding carboxylic acids is 2. The van der Waals surface area contributed by atoms with E-state index in [0.717, 1.165) is 11.1 Å². The van der Waals surface area contributed by atoms with Gasteiger partial charge in [-0.2, -0.15) is 0 Å². The Labute approximate surface area is 166 Å². The lowest BCUT2D eigenvalue weighted by molar-refractivity contribution is -0.124. The predicted molar refractivity (Wildman–Crippen MR) is 111 cm³/mol. The van der Waals surface area contributed by atoms with Crippen molar-refractivity contribution < 1.29 is 14.3 Å². The van der Waals surface area contributed by atoms with E-state index < -0.39 is 12.1 Å². The minimum atomic E-state index is -0.636. The largest absolute Gasteiger partial charge is 0.377 e. The summed E-state index contributed by atoms with van der Waals surface area (Å²) >= 11 is 0. The lowest BCUT2D eigenvalue weighted by Crippen LogP contribution is -2.50. The molecule has 28 heavy (non-hydrogen) atoms. The van der Waals surface area contributed by atoms with E-state index in [9.17, 15) is 9.59 Å². The normalized spacial score (nSPS) is 11.7. The topological polar surface area (TPSA) is 79.5 Å². The van der Waals surface area contributed by atoms with E-state index in [-0.39, 0.29) is 11.8 Å². The Kier molecular flexibility index (Phi) is 8.49. The van der Waals surface area contributed by atoms with Crippen molar-refractivity contribution >= 4 is 17.6 Å². The van der Waals surface area contributed by atoms with E-state index in [0.29, 0.717) is 25.4 Å². The van der Waals surface area contributed by atoms with Crippen molar-refractivity contribution in [2.45, 2.75) is 40.0 Å². The maximum atomic E-state index is 12.7. The first-order valence-electron chi connectivity index (χ1n) is 9.56. The van der Waals surface area contributed by atoms with Crippen molar-refractivity contribution in [3.63, 3.8) is 0 Å². The number of ether oxygens (including phenoxy) is 1. The molecular formula is C22H29N3O3. The Hall–Kier alpha value is -2.86. The third kappa shape index (κ3) is 6.70. The van der Waals surface area contributed by atoms with E-state index in [1.807, 2.05) is 63.2 Å². The number of rotatable bonds is 9. The summed E-state index contributed by atoms with van der Waals surface area (Å²) in [5, 5.41) is 8.43. The van der Waals surface area contributed by atoms with Crippen LogP contribution in [0.2, 0.25) is 0 Å². The van der Waals surface area contributed by atoms with Gasteiger partial charge >= 0.3 is 6.03 Å². The zero-order valence-electron chi connectivity index (χ0n) is 16.7. The number of para-hydroxylation sites is 1. The molecule has 0 aliphatic carbocycles. The molecule has 0 spiro atoms. The van der Waals surface area contributed by atoms with Crippen LogP contribution in [0, 0.1) is 5.92 Å². The molecule has 3 N–H and O–H groups in total. The Morgan fingerprint density at radius 3 is 2.25 bits per heavy atom. The lowest BCUT2D eigenvalue weighted by atomic mass is 10.0. The number of urea groups is 1. The van der Waals surface area contributed by atoms with E-state index in [4.69, 9.17) is 4.74 Å². The van der Waals surface area contributed by atoms with Gasteiger partial charge in [-0.05, 0) is 36.1 Å². The molecule has 0 heterocycles. The minimum absolute atomic E-state index is 0.0554. The van der Waals surface area contributed by atoms with Crippen LogP contribution in [0.5, 0.6) is 0 Å². The van der Waals surface area contributed by atoms with Gasteiger partial charge in [-0.15, -0.1) is 0 Å². The summed E-state index contributed by atoms with van der Waals surface area (Å²) in [7, 11) is 0. The molecule has 0 radical (unpaired) electrons. The second kappa shape index (κ2) is 11.1. The van der Waals surface area contributed by atoms with Gasteiger partial charge in [-0.25, -0.2) is 4.79 Å². The minimum Gasteiger partial charge on any atom is -0.377 e. The fourth-order valence-electron chi connectivity index (χ4n) is 2.74. The molecule has 6 heteroatoms. The van der Waals surface area contributed by atoms with Crippen LogP contribution in [0.25, 0.3) is 0 Å². The van der Waals surface area contributed by atoms with Crippen molar-refractivity contribution in [1.82, 2.24) is 10.6 Å². The fraction of sp³-hybridized carbons (Fsp3) is 0.364. The SMILES string of the molecule is CCOCc1ccccc1CNC(=O)C(NC(=O)Nc1ccccc1)C(C)C. The van der Waals surface area contributed by atoms with Crippen LogP contribution in [0.4, 0.5) is 10.5 Å². The summed E-state index contributed by atoms with van der Waals surface area (Å²) in [5.41, 5.74) is 2.72. The zero-order chi connectivity index (χ0) is 20.4. The number of anilines is 1. The van der Waals surface area contributed by atoms with Crippen molar-refractivity contribution in [3.05, 3.63) is 65.7 Å². The van der Waals surface area contributed by atoms with Crippen LogP contribution in [-0.2, 0) is 22.7 Å². The molecule has 0 bridgehead atoms. The lowest BCUT2D eigenvalue weighted by Gasteiger charge is -2.22. The molecule has 2 aromatic rings. The Morgan fingerprint density at radius 2 is 1.61 bits per heavy atom. The van der Waals surface area contributed by atoms with E-state index in [1.165, 1.54) is 0 Å².